The lowest BCUT2D eigenvalue weighted by Gasteiger charge is -2.27. The molecule has 2 aliphatic heterocycles. The highest BCUT2D eigenvalue weighted by molar-refractivity contribution is 5.92. The first-order valence-electron chi connectivity index (χ1n) is 10.2. The Kier molecular flexibility index (Phi) is 6.36. The van der Waals surface area contributed by atoms with Crippen LogP contribution in [0.1, 0.15) is 40.5 Å². The van der Waals surface area contributed by atoms with Crippen LogP contribution in [0, 0.1) is 0 Å². The minimum absolute atomic E-state index is 0.122. The van der Waals surface area contributed by atoms with Crippen LogP contribution >= 0.6 is 0 Å². The van der Waals surface area contributed by atoms with E-state index in [4.69, 9.17) is 4.74 Å². The molecule has 7 nitrogen and oxygen atoms in total. The Balaban J connectivity index is 1.35. The number of hydrogen-bond donors (Lipinski definition) is 2. The summed E-state index contributed by atoms with van der Waals surface area (Å²) in [6, 6.07) is 10.5. The van der Waals surface area contributed by atoms with Crippen molar-refractivity contribution in [3.63, 3.8) is 0 Å². The third-order valence-electron chi connectivity index (χ3n) is 5.54. The van der Waals surface area contributed by atoms with E-state index in [9.17, 15) is 4.79 Å². The zero-order chi connectivity index (χ0) is 19.2. The SMILES string of the molecule is O=C(NCc1ccccc1CN1CCOCC1)c1ccn(C2CCCNC2)n1. The molecular weight excluding hydrogens is 354 g/mol. The van der Waals surface area contributed by atoms with Gasteiger partial charge in [0.2, 0.25) is 0 Å². The van der Waals surface area contributed by atoms with Gasteiger partial charge >= 0.3 is 0 Å². The third-order valence-corrected chi connectivity index (χ3v) is 5.54. The molecule has 7 heteroatoms. The normalized spacial score (nSPS) is 20.8. The summed E-state index contributed by atoms with van der Waals surface area (Å²) in [4.78, 5) is 15.0. The molecule has 1 unspecified atom stereocenters. The van der Waals surface area contributed by atoms with Crippen LogP contribution in [0.25, 0.3) is 0 Å². The van der Waals surface area contributed by atoms with Crippen LogP contribution in [0.15, 0.2) is 36.5 Å². The Morgan fingerprint density at radius 2 is 2.04 bits per heavy atom. The molecule has 150 valence electrons. The first kappa shape index (κ1) is 19.1. The number of morpholine rings is 1. The Morgan fingerprint density at radius 3 is 2.82 bits per heavy atom. The Hall–Kier alpha value is -2.22. The van der Waals surface area contributed by atoms with Crippen LogP contribution in [0.2, 0.25) is 0 Å². The second-order valence-electron chi connectivity index (χ2n) is 7.52. The number of rotatable bonds is 6. The number of piperidine rings is 1. The van der Waals surface area contributed by atoms with Crippen molar-refractivity contribution >= 4 is 5.91 Å². The van der Waals surface area contributed by atoms with E-state index < -0.39 is 0 Å². The van der Waals surface area contributed by atoms with Gasteiger partial charge in [0.05, 0.1) is 19.3 Å². The largest absolute Gasteiger partial charge is 0.379 e. The Morgan fingerprint density at radius 1 is 1.21 bits per heavy atom. The van der Waals surface area contributed by atoms with Gasteiger partial charge in [0.1, 0.15) is 5.69 Å². The van der Waals surface area contributed by atoms with E-state index in [0.717, 1.165) is 64.3 Å². The van der Waals surface area contributed by atoms with Gasteiger partial charge in [-0.2, -0.15) is 5.10 Å². The van der Waals surface area contributed by atoms with E-state index in [-0.39, 0.29) is 5.91 Å². The van der Waals surface area contributed by atoms with E-state index in [2.05, 4.69) is 38.8 Å². The second kappa shape index (κ2) is 9.32. The number of aromatic nitrogens is 2. The predicted octanol–water partition coefficient (Wildman–Crippen LogP) is 1.57. The molecule has 1 aromatic heterocycles. The van der Waals surface area contributed by atoms with Gasteiger partial charge in [-0.3, -0.25) is 14.4 Å². The zero-order valence-corrected chi connectivity index (χ0v) is 16.3. The highest BCUT2D eigenvalue weighted by Crippen LogP contribution is 2.16. The standard InChI is InChI=1S/C21H29N5O2/c27-21(20-7-9-26(24-20)19-6-3-8-22-15-19)23-14-17-4-1-2-5-18(17)16-25-10-12-28-13-11-25/h1-2,4-5,7,9,19,22H,3,6,8,10-16H2,(H,23,27). The maximum Gasteiger partial charge on any atom is 0.272 e. The first-order chi connectivity index (χ1) is 13.8. The second-order valence-corrected chi connectivity index (χ2v) is 7.52. The van der Waals surface area contributed by atoms with Crippen molar-refractivity contribution < 1.29 is 9.53 Å². The number of benzene rings is 1. The molecule has 1 amide bonds. The van der Waals surface area contributed by atoms with Gasteiger partial charge in [-0.05, 0) is 36.6 Å². The van der Waals surface area contributed by atoms with Crippen molar-refractivity contribution in [3.8, 4) is 0 Å². The highest BCUT2D eigenvalue weighted by Gasteiger charge is 2.18. The maximum atomic E-state index is 12.6. The van der Waals surface area contributed by atoms with Crippen molar-refractivity contribution in [1.82, 2.24) is 25.3 Å². The van der Waals surface area contributed by atoms with Gasteiger partial charge in [-0.25, -0.2) is 0 Å². The van der Waals surface area contributed by atoms with Gasteiger partial charge < -0.3 is 15.4 Å². The molecule has 0 bridgehead atoms. The van der Waals surface area contributed by atoms with Crippen molar-refractivity contribution in [2.45, 2.75) is 32.0 Å². The monoisotopic (exact) mass is 383 g/mol. The van der Waals surface area contributed by atoms with E-state index >= 15 is 0 Å². The smallest absolute Gasteiger partial charge is 0.272 e. The summed E-state index contributed by atoms with van der Waals surface area (Å²) >= 11 is 0. The average Bonchev–Trinajstić information content (AvgIpc) is 3.25. The van der Waals surface area contributed by atoms with Crippen molar-refractivity contribution in [2.24, 2.45) is 0 Å². The summed E-state index contributed by atoms with van der Waals surface area (Å²) in [5, 5.41) is 10.9. The average molecular weight is 383 g/mol. The molecule has 0 saturated carbocycles. The predicted molar refractivity (Wildman–Crippen MR) is 107 cm³/mol. The molecule has 2 fully saturated rings. The summed E-state index contributed by atoms with van der Waals surface area (Å²) in [6.45, 7) is 6.86. The van der Waals surface area contributed by atoms with Gasteiger partial charge in [0, 0.05) is 38.9 Å². The molecule has 0 radical (unpaired) electrons. The lowest BCUT2D eigenvalue weighted by molar-refractivity contribution is 0.0340. The molecule has 28 heavy (non-hydrogen) atoms. The number of hydrogen-bond acceptors (Lipinski definition) is 5. The zero-order valence-electron chi connectivity index (χ0n) is 16.3. The van der Waals surface area contributed by atoms with Crippen LogP contribution in [-0.4, -0.2) is 60.0 Å². The van der Waals surface area contributed by atoms with Crippen LogP contribution in [0.4, 0.5) is 0 Å². The quantitative estimate of drug-likeness (QED) is 0.792. The van der Waals surface area contributed by atoms with Crippen molar-refractivity contribution in [3.05, 3.63) is 53.3 Å². The Bertz CT molecular complexity index is 779. The minimum atomic E-state index is -0.122. The van der Waals surface area contributed by atoms with E-state index in [0.29, 0.717) is 18.3 Å². The summed E-state index contributed by atoms with van der Waals surface area (Å²) in [5.41, 5.74) is 2.89. The summed E-state index contributed by atoms with van der Waals surface area (Å²) < 4.78 is 7.35. The van der Waals surface area contributed by atoms with Gasteiger partial charge in [0.15, 0.2) is 0 Å². The summed E-state index contributed by atoms with van der Waals surface area (Å²) in [7, 11) is 0. The number of carbonyl (C=O) groups excluding carboxylic acids is 1. The molecule has 2 aromatic rings. The van der Waals surface area contributed by atoms with E-state index in [1.165, 1.54) is 5.56 Å². The topological polar surface area (TPSA) is 71.4 Å². The summed E-state index contributed by atoms with van der Waals surface area (Å²) in [6.07, 6.45) is 4.16. The number of nitrogens with one attached hydrogen (secondary N) is 2. The van der Waals surface area contributed by atoms with Crippen LogP contribution < -0.4 is 10.6 Å². The van der Waals surface area contributed by atoms with E-state index in [1.54, 1.807) is 0 Å². The molecule has 4 rings (SSSR count). The molecule has 1 atom stereocenters. The molecule has 2 N–H and O–H groups in total. The number of nitrogens with zero attached hydrogens (tertiary/aromatic N) is 3. The Labute approximate surface area is 166 Å². The number of carbonyl (C=O) groups is 1. The van der Waals surface area contributed by atoms with E-state index in [1.807, 2.05) is 23.0 Å². The molecular formula is C21H29N5O2. The molecule has 0 aliphatic carbocycles. The van der Waals surface area contributed by atoms with Gasteiger partial charge in [0.25, 0.3) is 5.91 Å². The van der Waals surface area contributed by atoms with Crippen molar-refractivity contribution in [2.75, 3.05) is 39.4 Å². The lowest BCUT2D eigenvalue weighted by Crippen LogP contribution is -2.36. The molecule has 2 saturated heterocycles. The fraction of sp³-hybridized carbons (Fsp3) is 0.524. The van der Waals surface area contributed by atoms with Gasteiger partial charge in [-0.1, -0.05) is 24.3 Å². The third kappa shape index (κ3) is 4.79. The van der Waals surface area contributed by atoms with Crippen LogP contribution in [-0.2, 0) is 17.8 Å². The summed E-state index contributed by atoms with van der Waals surface area (Å²) in [5.74, 6) is -0.122. The number of ether oxygens (including phenoxy) is 1. The molecule has 3 heterocycles. The van der Waals surface area contributed by atoms with Crippen molar-refractivity contribution in [1.29, 1.82) is 0 Å². The fourth-order valence-electron chi connectivity index (χ4n) is 3.87. The molecule has 2 aliphatic rings. The maximum absolute atomic E-state index is 12.6. The van der Waals surface area contributed by atoms with Crippen LogP contribution in [0.5, 0.6) is 0 Å². The first-order valence-corrected chi connectivity index (χ1v) is 10.2. The van der Waals surface area contributed by atoms with Crippen LogP contribution in [0.3, 0.4) is 0 Å². The lowest BCUT2D eigenvalue weighted by atomic mass is 10.1. The highest BCUT2D eigenvalue weighted by atomic mass is 16.5. The minimum Gasteiger partial charge on any atom is -0.379 e. The molecule has 0 spiro atoms. The fourth-order valence-corrected chi connectivity index (χ4v) is 3.87. The van der Waals surface area contributed by atoms with Gasteiger partial charge in [-0.15, -0.1) is 0 Å². The number of amides is 1. The molecule has 1 aromatic carbocycles.